The molecule has 0 radical (unpaired) electrons. The normalized spacial score (nSPS) is 23.3. The summed E-state index contributed by atoms with van der Waals surface area (Å²) in [4.78, 5) is 38.1. The van der Waals surface area contributed by atoms with Crippen molar-refractivity contribution in [3.05, 3.63) is 42.9 Å². The largest absolute Gasteiger partial charge is 0.354 e. The second-order valence-corrected chi connectivity index (χ2v) is 10.0. The van der Waals surface area contributed by atoms with Crippen LogP contribution in [0.25, 0.3) is 0 Å². The first-order chi connectivity index (χ1) is 17.2. The molecule has 2 aromatic heterocycles. The maximum atomic E-state index is 13.3. The Morgan fingerprint density at radius 2 is 1.60 bits per heavy atom. The lowest BCUT2D eigenvalue weighted by atomic mass is 9.95. The predicted molar refractivity (Wildman–Crippen MR) is 137 cm³/mol. The van der Waals surface area contributed by atoms with Gasteiger partial charge in [-0.2, -0.15) is 0 Å². The molecular formula is C26H38N8O. The highest BCUT2D eigenvalue weighted by Gasteiger charge is 2.32. The maximum Gasteiger partial charge on any atom is 0.239 e. The number of piperazine rings is 2. The summed E-state index contributed by atoms with van der Waals surface area (Å²) in [6.45, 7) is 12.5. The van der Waals surface area contributed by atoms with E-state index in [0.717, 1.165) is 83.8 Å². The lowest BCUT2D eigenvalue weighted by Crippen LogP contribution is -2.56. The van der Waals surface area contributed by atoms with Gasteiger partial charge in [-0.15, -0.1) is 0 Å². The molecule has 188 valence electrons. The molecule has 0 bridgehead atoms. The SMILES string of the molecule is CC(C(=O)N1CCN(c2ncccn2)CC1)N1CCCC(CN2CCN(c3ccccn3)CC2)C1. The van der Waals surface area contributed by atoms with Gasteiger partial charge in [-0.3, -0.25) is 14.6 Å². The van der Waals surface area contributed by atoms with E-state index in [-0.39, 0.29) is 11.9 Å². The van der Waals surface area contributed by atoms with E-state index in [1.807, 2.05) is 23.2 Å². The highest BCUT2D eigenvalue weighted by Crippen LogP contribution is 2.22. The van der Waals surface area contributed by atoms with E-state index in [1.165, 1.54) is 12.8 Å². The van der Waals surface area contributed by atoms with Crippen molar-refractivity contribution in [3.63, 3.8) is 0 Å². The zero-order chi connectivity index (χ0) is 24.0. The number of rotatable bonds is 6. The minimum atomic E-state index is -0.0571. The monoisotopic (exact) mass is 478 g/mol. The molecule has 0 saturated carbocycles. The minimum Gasteiger partial charge on any atom is -0.354 e. The number of carbonyl (C=O) groups is 1. The highest BCUT2D eigenvalue weighted by molar-refractivity contribution is 5.81. The van der Waals surface area contributed by atoms with Crippen LogP contribution in [0.5, 0.6) is 0 Å². The first-order valence-corrected chi connectivity index (χ1v) is 13.1. The summed E-state index contributed by atoms with van der Waals surface area (Å²) in [7, 11) is 0. The van der Waals surface area contributed by atoms with Gasteiger partial charge in [0.1, 0.15) is 5.82 Å². The van der Waals surface area contributed by atoms with Gasteiger partial charge in [-0.25, -0.2) is 15.0 Å². The van der Waals surface area contributed by atoms with Crippen LogP contribution in [0.15, 0.2) is 42.9 Å². The zero-order valence-corrected chi connectivity index (χ0v) is 20.9. The highest BCUT2D eigenvalue weighted by atomic mass is 16.2. The minimum absolute atomic E-state index is 0.0571. The molecule has 5 rings (SSSR count). The van der Waals surface area contributed by atoms with Gasteiger partial charge < -0.3 is 14.7 Å². The van der Waals surface area contributed by atoms with Gasteiger partial charge in [0.05, 0.1) is 6.04 Å². The van der Waals surface area contributed by atoms with Crippen molar-refractivity contribution in [2.45, 2.75) is 25.8 Å². The summed E-state index contributed by atoms with van der Waals surface area (Å²) in [5.41, 5.74) is 0. The molecule has 9 heteroatoms. The van der Waals surface area contributed by atoms with E-state index in [9.17, 15) is 4.79 Å². The summed E-state index contributed by atoms with van der Waals surface area (Å²) in [6.07, 6.45) is 7.85. The number of piperidine rings is 1. The van der Waals surface area contributed by atoms with Crippen LogP contribution in [0.2, 0.25) is 0 Å². The fourth-order valence-electron chi connectivity index (χ4n) is 5.67. The Bertz CT molecular complexity index is 929. The molecule has 0 aromatic carbocycles. The predicted octanol–water partition coefficient (Wildman–Crippen LogP) is 1.44. The van der Waals surface area contributed by atoms with Crippen molar-refractivity contribution in [3.8, 4) is 0 Å². The number of carbonyl (C=O) groups excluding carboxylic acids is 1. The molecule has 0 aliphatic carbocycles. The number of likely N-dealkylation sites (tertiary alicyclic amines) is 1. The maximum absolute atomic E-state index is 13.3. The van der Waals surface area contributed by atoms with E-state index < -0.39 is 0 Å². The van der Waals surface area contributed by atoms with E-state index in [2.05, 4.69) is 53.6 Å². The lowest BCUT2D eigenvalue weighted by Gasteiger charge is -2.42. The smallest absolute Gasteiger partial charge is 0.239 e. The van der Waals surface area contributed by atoms with Crippen molar-refractivity contribution < 1.29 is 4.79 Å². The van der Waals surface area contributed by atoms with Crippen LogP contribution in [-0.4, -0.2) is 114 Å². The topological polar surface area (TPSA) is 71.9 Å². The van der Waals surface area contributed by atoms with Gasteiger partial charge >= 0.3 is 0 Å². The first-order valence-electron chi connectivity index (χ1n) is 13.1. The van der Waals surface area contributed by atoms with Gasteiger partial charge in [-0.1, -0.05) is 6.07 Å². The summed E-state index contributed by atoms with van der Waals surface area (Å²) in [5, 5.41) is 0. The second-order valence-electron chi connectivity index (χ2n) is 10.0. The molecule has 0 N–H and O–H groups in total. The second kappa shape index (κ2) is 11.3. The molecule has 3 fully saturated rings. The van der Waals surface area contributed by atoms with Crippen molar-refractivity contribution in [2.24, 2.45) is 5.92 Å². The Labute approximate surface area is 208 Å². The molecule has 3 aliphatic rings. The number of amides is 1. The van der Waals surface area contributed by atoms with E-state index >= 15 is 0 Å². The number of hydrogen-bond acceptors (Lipinski definition) is 8. The fourth-order valence-corrected chi connectivity index (χ4v) is 5.67. The Balaban J connectivity index is 1.07. The van der Waals surface area contributed by atoms with E-state index in [0.29, 0.717) is 5.92 Å². The number of anilines is 2. The average Bonchev–Trinajstić information content (AvgIpc) is 2.94. The molecule has 3 saturated heterocycles. The molecular weight excluding hydrogens is 440 g/mol. The average molecular weight is 479 g/mol. The van der Waals surface area contributed by atoms with Crippen molar-refractivity contribution in [1.29, 1.82) is 0 Å². The van der Waals surface area contributed by atoms with Crippen molar-refractivity contribution >= 4 is 17.7 Å². The van der Waals surface area contributed by atoms with Crippen LogP contribution < -0.4 is 9.80 Å². The molecule has 2 unspecified atom stereocenters. The molecule has 9 nitrogen and oxygen atoms in total. The quantitative estimate of drug-likeness (QED) is 0.618. The summed E-state index contributed by atoms with van der Waals surface area (Å²) in [5.74, 6) is 2.74. The first kappa shape index (κ1) is 23.9. The molecule has 1 amide bonds. The summed E-state index contributed by atoms with van der Waals surface area (Å²) < 4.78 is 0. The van der Waals surface area contributed by atoms with Gasteiger partial charge in [0.2, 0.25) is 11.9 Å². The van der Waals surface area contributed by atoms with Crippen LogP contribution >= 0.6 is 0 Å². The van der Waals surface area contributed by atoms with Gasteiger partial charge in [0, 0.05) is 84.0 Å². The molecule has 0 spiro atoms. The number of aromatic nitrogens is 3. The molecule has 3 aliphatic heterocycles. The Morgan fingerprint density at radius 1 is 0.886 bits per heavy atom. The molecule has 2 aromatic rings. The Morgan fingerprint density at radius 3 is 2.31 bits per heavy atom. The Hall–Kier alpha value is -2.78. The lowest BCUT2D eigenvalue weighted by molar-refractivity contribution is -0.137. The number of hydrogen-bond donors (Lipinski definition) is 0. The standard InChI is InChI=1S/C26H38N8O/c1-22(25(35)32-16-18-33(19-17-32)26-28-9-5-10-29-26)34-11-4-6-23(21-34)20-30-12-14-31(15-13-30)24-7-2-3-8-27-24/h2-3,5,7-10,22-23H,4,6,11-21H2,1H3. The molecule has 5 heterocycles. The van der Waals surface area contributed by atoms with Gasteiger partial charge in [0.15, 0.2) is 0 Å². The van der Waals surface area contributed by atoms with Crippen molar-refractivity contribution in [2.75, 3.05) is 81.8 Å². The van der Waals surface area contributed by atoms with Crippen LogP contribution in [0.1, 0.15) is 19.8 Å². The number of pyridine rings is 1. The van der Waals surface area contributed by atoms with Gasteiger partial charge in [-0.05, 0) is 50.4 Å². The third-order valence-corrected chi connectivity index (χ3v) is 7.74. The third kappa shape index (κ3) is 5.90. The number of nitrogens with zero attached hydrogens (tertiary/aromatic N) is 8. The van der Waals surface area contributed by atoms with E-state index in [1.54, 1.807) is 12.4 Å². The van der Waals surface area contributed by atoms with Crippen LogP contribution in [0, 0.1) is 5.92 Å². The fraction of sp³-hybridized carbons (Fsp3) is 0.615. The zero-order valence-electron chi connectivity index (χ0n) is 20.9. The summed E-state index contributed by atoms with van der Waals surface area (Å²) >= 11 is 0. The van der Waals surface area contributed by atoms with E-state index in [4.69, 9.17) is 0 Å². The van der Waals surface area contributed by atoms with Crippen molar-refractivity contribution in [1.82, 2.24) is 29.7 Å². The van der Waals surface area contributed by atoms with Crippen LogP contribution in [0.3, 0.4) is 0 Å². The van der Waals surface area contributed by atoms with Crippen LogP contribution in [0.4, 0.5) is 11.8 Å². The molecule has 35 heavy (non-hydrogen) atoms. The van der Waals surface area contributed by atoms with Crippen LogP contribution in [-0.2, 0) is 4.79 Å². The Kier molecular flexibility index (Phi) is 7.73. The summed E-state index contributed by atoms with van der Waals surface area (Å²) in [6, 6.07) is 7.91. The third-order valence-electron chi connectivity index (χ3n) is 7.74. The molecule has 2 atom stereocenters. The van der Waals surface area contributed by atoms with Gasteiger partial charge in [0.25, 0.3) is 0 Å².